The maximum atomic E-state index is 13.2. The number of aryl methyl sites for hydroxylation is 1. The van der Waals surface area contributed by atoms with Crippen molar-refractivity contribution in [1.29, 1.82) is 0 Å². The Labute approximate surface area is 169 Å². The second-order valence-corrected chi connectivity index (χ2v) is 8.04. The summed E-state index contributed by atoms with van der Waals surface area (Å²) in [5.41, 5.74) is 2.95. The Kier molecular flexibility index (Phi) is 5.76. The molecule has 0 N–H and O–H groups in total. The molecule has 1 aliphatic heterocycles. The van der Waals surface area contributed by atoms with E-state index >= 15 is 0 Å². The third-order valence-corrected chi connectivity index (χ3v) is 6.07. The van der Waals surface area contributed by atoms with Crippen LogP contribution >= 0.6 is 11.8 Å². The molecule has 6 heteroatoms. The minimum absolute atomic E-state index is 0.117. The standard InChI is InChI=1S/C22H23N3O2S/c1-16-10-6-7-13-18(16)20-23-24-22(27-20)28-19(17-11-4-2-5-12-17)21(26)25-14-8-3-9-15-25/h2,4-7,10-13,19H,3,8-9,14-15H2,1H3. The molecule has 28 heavy (non-hydrogen) atoms. The largest absolute Gasteiger partial charge is 0.411 e. The highest BCUT2D eigenvalue weighted by Gasteiger charge is 2.29. The van der Waals surface area contributed by atoms with Crippen molar-refractivity contribution in [2.45, 2.75) is 36.7 Å². The summed E-state index contributed by atoms with van der Waals surface area (Å²) in [5, 5.41) is 8.44. The van der Waals surface area contributed by atoms with Gasteiger partial charge >= 0.3 is 0 Å². The van der Waals surface area contributed by atoms with Crippen LogP contribution in [0.25, 0.3) is 11.5 Å². The monoisotopic (exact) mass is 393 g/mol. The van der Waals surface area contributed by atoms with Crippen molar-refractivity contribution in [2.24, 2.45) is 0 Å². The van der Waals surface area contributed by atoms with E-state index in [0.717, 1.165) is 42.6 Å². The molecule has 2 aromatic carbocycles. The summed E-state index contributed by atoms with van der Waals surface area (Å²) in [7, 11) is 0. The second-order valence-electron chi connectivity index (χ2n) is 6.98. The molecule has 2 heterocycles. The smallest absolute Gasteiger partial charge is 0.277 e. The SMILES string of the molecule is Cc1ccccc1-c1nnc(SC(C(=O)N2CCCCC2)c2ccccc2)o1. The van der Waals surface area contributed by atoms with Crippen LogP contribution in [-0.2, 0) is 4.79 Å². The molecule has 0 bridgehead atoms. The molecular weight excluding hydrogens is 370 g/mol. The van der Waals surface area contributed by atoms with Crippen molar-refractivity contribution >= 4 is 17.7 Å². The maximum absolute atomic E-state index is 13.2. The summed E-state index contributed by atoms with van der Waals surface area (Å²) in [4.78, 5) is 15.2. The summed E-state index contributed by atoms with van der Waals surface area (Å²) in [5.74, 6) is 0.601. The first-order chi connectivity index (χ1) is 13.7. The Bertz CT molecular complexity index is 936. The molecule has 0 aliphatic carbocycles. The minimum Gasteiger partial charge on any atom is -0.411 e. The number of nitrogens with zero attached hydrogens (tertiary/aromatic N) is 3. The Hall–Kier alpha value is -2.60. The number of hydrogen-bond acceptors (Lipinski definition) is 5. The number of hydrogen-bond donors (Lipinski definition) is 0. The molecule has 1 saturated heterocycles. The van der Waals surface area contributed by atoms with Gasteiger partial charge < -0.3 is 9.32 Å². The summed E-state index contributed by atoms with van der Waals surface area (Å²) in [6.45, 7) is 3.65. The Morgan fingerprint density at radius 1 is 1.00 bits per heavy atom. The first-order valence-corrected chi connectivity index (χ1v) is 10.5. The lowest BCUT2D eigenvalue weighted by atomic mass is 10.1. The first-order valence-electron chi connectivity index (χ1n) is 9.62. The zero-order valence-electron chi connectivity index (χ0n) is 15.9. The van der Waals surface area contributed by atoms with Gasteiger partial charge in [0.15, 0.2) is 0 Å². The topological polar surface area (TPSA) is 59.2 Å². The Balaban J connectivity index is 1.59. The van der Waals surface area contributed by atoms with E-state index in [1.165, 1.54) is 18.2 Å². The number of carbonyl (C=O) groups is 1. The summed E-state index contributed by atoms with van der Waals surface area (Å²) in [6.07, 6.45) is 3.32. The predicted octanol–water partition coefficient (Wildman–Crippen LogP) is 4.89. The van der Waals surface area contributed by atoms with Crippen LogP contribution in [0.2, 0.25) is 0 Å². The van der Waals surface area contributed by atoms with Crippen LogP contribution in [0.1, 0.15) is 35.6 Å². The molecule has 144 valence electrons. The van der Waals surface area contributed by atoms with Gasteiger partial charge in [-0.2, -0.15) is 0 Å². The van der Waals surface area contributed by atoms with Gasteiger partial charge in [-0.05, 0) is 55.1 Å². The van der Waals surface area contributed by atoms with E-state index in [1.807, 2.05) is 66.4 Å². The van der Waals surface area contributed by atoms with Crippen LogP contribution in [0, 0.1) is 6.92 Å². The fraction of sp³-hybridized carbons (Fsp3) is 0.318. The van der Waals surface area contributed by atoms with Gasteiger partial charge in [-0.25, -0.2) is 0 Å². The molecule has 1 aromatic heterocycles. The molecular formula is C22H23N3O2S. The molecule has 4 rings (SSSR count). The van der Waals surface area contributed by atoms with Gasteiger partial charge in [-0.3, -0.25) is 4.79 Å². The lowest BCUT2D eigenvalue weighted by molar-refractivity contribution is -0.131. The van der Waals surface area contributed by atoms with Gasteiger partial charge in [0.25, 0.3) is 5.22 Å². The van der Waals surface area contributed by atoms with Crippen molar-refractivity contribution in [3.63, 3.8) is 0 Å². The van der Waals surface area contributed by atoms with Crippen molar-refractivity contribution in [3.05, 3.63) is 65.7 Å². The molecule has 3 aromatic rings. The summed E-state index contributed by atoms with van der Waals surface area (Å²) < 4.78 is 5.91. The lowest BCUT2D eigenvalue weighted by Gasteiger charge is -2.29. The van der Waals surface area contributed by atoms with E-state index in [0.29, 0.717) is 11.1 Å². The minimum atomic E-state index is -0.385. The molecule has 0 saturated carbocycles. The highest BCUT2D eigenvalue weighted by molar-refractivity contribution is 8.00. The van der Waals surface area contributed by atoms with Crippen LogP contribution in [0.4, 0.5) is 0 Å². The predicted molar refractivity (Wildman–Crippen MR) is 110 cm³/mol. The number of aromatic nitrogens is 2. The van der Waals surface area contributed by atoms with E-state index in [4.69, 9.17) is 4.42 Å². The van der Waals surface area contributed by atoms with Gasteiger partial charge in [-0.1, -0.05) is 48.5 Å². The Morgan fingerprint density at radius 3 is 2.46 bits per heavy atom. The highest BCUT2D eigenvalue weighted by atomic mass is 32.2. The van der Waals surface area contributed by atoms with Crippen molar-refractivity contribution in [1.82, 2.24) is 15.1 Å². The number of carbonyl (C=O) groups excluding carboxylic acids is 1. The molecule has 1 unspecified atom stereocenters. The Morgan fingerprint density at radius 2 is 1.71 bits per heavy atom. The van der Waals surface area contributed by atoms with E-state index < -0.39 is 0 Å². The quantitative estimate of drug-likeness (QED) is 0.578. The highest BCUT2D eigenvalue weighted by Crippen LogP contribution is 2.37. The summed E-state index contributed by atoms with van der Waals surface area (Å²) >= 11 is 1.33. The normalized spacial score (nSPS) is 15.4. The maximum Gasteiger partial charge on any atom is 0.277 e. The van der Waals surface area contributed by atoms with Gasteiger partial charge in [-0.15, -0.1) is 10.2 Å². The van der Waals surface area contributed by atoms with Crippen LogP contribution in [0.15, 0.2) is 64.2 Å². The molecule has 5 nitrogen and oxygen atoms in total. The van der Waals surface area contributed by atoms with Crippen molar-refractivity contribution < 1.29 is 9.21 Å². The first kappa shape index (κ1) is 18.7. The molecule has 0 spiro atoms. The van der Waals surface area contributed by atoms with Crippen LogP contribution in [-0.4, -0.2) is 34.1 Å². The average molecular weight is 394 g/mol. The molecule has 1 aliphatic rings. The number of rotatable bonds is 5. The van der Waals surface area contributed by atoms with Crippen molar-refractivity contribution in [3.8, 4) is 11.5 Å². The van der Waals surface area contributed by atoms with Crippen LogP contribution in [0.5, 0.6) is 0 Å². The number of benzene rings is 2. The van der Waals surface area contributed by atoms with Crippen LogP contribution < -0.4 is 0 Å². The molecule has 1 fully saturated rings. The third-order valence-electron chi connectivity index (χ3n) is 4.99. The number of piperidine rings is 1. The molecule has 1 amide bonds. The van der Waals surface area contributed by atoms with E-state index in [-0.39, 0.29) is 11.2 Å². The lowest BCUT2D eigenvalue weighted by Crippen LogP contribution is -2.38. The van der Waals surface area contributed by atoms with E-state index in [1.54, 1.807) is 0 Å². The number of amides is 1. The zero-order chi connectivity index (χ0) is 19.3. The van der Waals surface area contributed by atoms with Crippen LogP contribution in [0.3, 0.4) is 0 Å². The van der Waals surface area contributed by atoms with Gasteiger partial charge in [0.2, 0.25) is 11.8 Å². The summed E-state index contributed by atoms with van der Waals surface area (Å²) in [6, 6.07) is 17.7. The fourth-order valence-electron chi connectivity index (χ4n) is 3.45. The number of thioether (sulfide) groups is 1. The molecule has 1 atom stereocenters. The zero-order valence-corrected chi connectivity index (χ0v) is 16.7. The van der Waals surface area contributed by atoms with E-state index in [9.17, 15) is 4.79 Å². The van der Waals surface area contributed by atoms with Gasteiger partial charge in [0.1, 0.15) is 5.25 Å². The molecule has 0 radical (unpaired) electrons. The third kappa shape index (κ3) is 4.12. The fourth-order valence-corrected chi connectivity index (χ4v) is 4.41. The average Bonchev–Trinajstić information content (AvgIpc) is 3.21. The van der Waals surface area contributed by atoms with Crippen molar-refractivity contribution in [2.75, 3.05) is 13.1 Å². The van der Waals surface area contributed by atoms with E-state index in [2.05, 4.69) is 10.2 Å². The van der Waals surface area contributed by atoms with Gasteiger partial charge in [0, 0.05) is 18.7 Å². The second kappa shape index (κ2) is 8.61. The van der Waals surface area contributed by atoms with Gasteiger partial charge in [0.05, 0.1) is 0 Å². The number of likely N-dealkylation sites (tertiary alicyclic amines) is 1.